The van der Waals surface area contributed by atoms with Gasteiger partial charge in [0.2, 0.25) is 5.91 Å². The van der Waals surface area contributed by atoms with Crippen LogP contribution in [0.2, 0.25) is 0 Å². The van der Waals surface area contributed by atoms with Gasteiger partial charge in [0.25, 0.3) is 0 Å². The molecular weight excluding hydrogens is 204 g/mol. The van der Waals surface area contributed by atoms with E-state index in [9.17, 15) is 4.79 Å². The molecule has 1 amide bonds. The molecule has 0 spiro atoms. The lowest BCUT2D eigenvalue weighted by Gasteiger charge is -2.24. The van der Waals surface area contributed by atoms with E-state index in [-0.39, 0.29) is 17.2 Å². The Bertz CT molecular complexity index is 326. The average Bonchev–Trinajstić information content (AvgIpc) is 2.65. The van der Waals surface area contributed by atoms with Crippen molar-refractivity contribution in [2.75, 3.05) is 11.9 Å². The van der Waals surface area contributed by atoms with Gasteiger partial charge in [-0.05, 0) is 11.8 Å². The van der Waals surface area contributed by atoms with Crippen molar-refractivity contribution in [3.8, 4) is 0 Å². The minimum absolute atomic E-state index is 0.0540. The summed E-state index contributed by atoms with van der Waals surface area (Å²) in [4.78, 5) is 11.9. The summed E-state index contributed by atoms with van der Waals surface area (Å²) in [6, 6.07) is 1.71. The third kappa shape index (κ3) is 4.02. The van der Waals surface area contributed by atoms with E-state index >= 15 is 0 Å². The summed E-state index contributed by atoms with van der Waals surface area (Å²) in [6.45, 7) is 6.65. The van der Waals surface area contributed by atoms with Gasteiger partial charge in [0.15, 0.2) is 0 Å². The summed E-state index contributed by atoms with van der Waals surface area (Å²) in [5.41, 5.74) is 5.72. The van der Waals surface area contributed by atoms with Gasteiger partial charge in [-0.15, -0.1) is 0 Å². The zero-order valence-electron chi connectivity index (χ0n) is 10.1. The Balaban J connectivity index is 2.56. The number of amides is 1. The Morgan fingerprint density at radius 2 is 2.31 bits per heavy atom. The van der Waals surface area contributed by atoms with E-state index in [1.807, 2.05) is 0 Å². The number of H-pyrrole nitrogens is 1. The first-order valence-electron chi connectivity index (χ1n) is 5.42. The Morgan fingerprint density at radius 1 is 1.62 bits per heavy atom. The minimum Gasteiger partial charge on any atom is -0.330 e. The van der Waals surface area contributed by atoms with E-state index < -0.39 is 0 Å². The Morgan fingerprint density at radius 3 is 2.75 bits per heavy atom. The zero-order valence-corrected chi connectivity index (χ0v) is 10.1. The maximum atomic E-state index is 11.9. The molecule has 0 aliphatic heterocycles. The second-order valence-corrected chi connectivity index (χ2v) is 5.16. The number of nitrogens with zero attached hydrogens (tertiary/aromatic N) is 1. The van der Waals surface area contributed by atoms with Crippen LogP contribution in [0, 0.1) is 11.3 Å². The molecule has 1 heterocycles. The molecule has 1 atom stereocenters. The van der Waals surface area contributed by atoms with Crippen LogP contribution in [-0.4, -0.2) is 22.6 Å². The smallest absolute Gasteiger partial charge is 0.229 e. The van der Waals surface area contributed by atoms with E-state index in [1.54, 1.807) is 12.3 Å². The van der Waals surface area contributed by atoms with Gasteiger partial charge in [-0.25, -0.2) is 0 Å². The van der Waals surface area contributed by atoms with Crippen LogP contribution in [0.4, 0.5) is 5.82 Å². The summed E-state index contributed by atoms with van der Waals surface area (Å²) in [5.74, 6) is 0.391. The van der Waals surface area contributed by atoms with Crippen molar-refractivity contribution < 1.29 is 4.79 Å². The van der Waals surface area contributed by atoms with Crippen LogP contribution in [0.15, 0.2) is 12.3 Å². The van der Waals surface area contributed by atoms with Crippen molar-refractivity contribution in [1.29, 1.82) is 0 Å². The first-order valence-corrected chi connectivity index (χ1v) is 5.42. The molecule has 0 aromatic carbocycles. The van der Waals surface area contributed by atoms with Crippen LogP contribution in [0.25, 0.3) is 0 Å². The topological polar surface area (TPSA) is 83.8 Å². The fourth-order valence-corrected chi connectivity index (χ4v) is 1.58. The van der Waals surface area contributed by atoms with Gasteiger partial charge in [-0.3, -0.25) is 9.89 Å². The maximum absolute atomic E-state index is 11.9. The molecule has 0 aliphatic carbocycles. The third-order valence-electron chi connectivity index (χ3n) is 2.27. The number of hydrogen-bond acceptors (Lipinski definition) is 3. The molecule has 0 fully saturated rings. The zero-order chi connectivity index (χ0) is 12.2. The van der Waals surface area contributed by atoms with Crippen LogP contribution >= 0.6 is 0 Å². The number of anilines is 1. The predicted molar refractivity (Wildman–Crippen MR) is 63.8 cm³/mol. The normalized spacial score (nSPS) is 13.5. The number of aromatic amines is 1. The fourth-order valence-electron chi connectivity index (χ4n) is 1.58. The van der Waals surface area contributed by atoms with Crippen molar-refractivity contribution in [1.82, 2.24) is 10.2 Å². The number of nitrogens with two attached hydrogens (primary N) is 1. The molecule has 1 unspecified atom stereocenters. The number of hydrogen-bond donors (Lipinski definition) is 3. The Hall–Kier alpha value is -1.36. The summed E-state index contributed by atoms with van der Waals surface area (Å²) in [5, 5.41) is 9.21. The molecular formula is C11H20N4O. The Kier molecular flexibility index (Phi) is 4.06. The van der Waals surface area contributed by atoms with Crippen molar-refractivity contribution in [2.24, 2.45) is 17.1 Å². The summed E-state index contributed by atoms with van der Waals surface area (Å²) in [7, 11) is 0. The molecule has 1 aromatic heterocycles. The summed E-state index contributed by atoms with van der Waals surface area (Å²) >= 11 is 0. The molecule has 1 rings (SSSR count). The van der Waals surface area contributed by atoms with Crippen molar-refractivity contribution in [3.05, 3.63) is 12.3 Å². The number of rotatable bonds is 4. The largest absolute Gasteiger partial charge is 0.330 e. The molecule has 16 heavy (non-hydrogen) atoms. The highest BCUT2D eigenvalue weighted by molar-refractivity contribution is 5.91. The second kappa shape index (κ2) is 5.12. The summed E-state index contributed by atoms with van der Waals surface area (Å²) < 4.78 is 0. The lowest BCUT2D eigenvalue weighted by molar-refractivity contribution is -0.120. The van der Waals surface area contributed by atoms with Crippen LogP contribution < -0.4 is 11.1 Å². The van der Waals surface area contributed by atoms with Gasteiger partial charge in [-0.2, -0.15) is 5.10 Å². The fraction of sp³-hybridized carbons (Fsp3) is 0.636. The number of carbonyl (C=O) groups excluding carboxylic acids is 1. The van der Waals surface area contributed by atoms with Crippen molar-refractivity contribution in [2.45, 2.75) is 27.2 Å². The van der Waals surface area contributed by atoms with Crippen LogP contribution in [0.5, 0.6) is 0 Å². The molecule has 0 saturated carbocycles. The molecule has 5 nitrogen and oxygen atoms in total. The van der Waals surface area contributed by atoms with Gasteiger partial charge in [0.05, 0.1) is 12.1 Å². The van der Waals surface area contributed by atoms with Crippen LogP contribution in [0.3, 0.4) is 0 Å². The lowest BCUT2D eigenvalue weighted by atomic mass is 9.84. The van der Waals surface area contributed by atoms with Gasteiger partial charge in [-0.1, -0.05) is 20.8 Å². The van der Waals surface area contributed by atoms with E-state index in [2.05, 4.69) is 36.3 Å². The molecule has 0 bridgehead atoms. The SMILES string of the molecule is CC(C)(C)CC(CN)C(=O)Nc1ccn[nH]1. The molecule has 90 valence electrons. The van der Waals surface area contributed by atoms with E-state index in [4.69, 9.17) is 5.73 Å². The van der Waals surface area contributed by atoms with E-state index in [1.165, 1.54) is 0 Å². The third-order valence-corrected chi connectivity index (χ3v) is 2.27. The lowest BCUT2D eigenvalue weighted by Crippen LogP contribution is -2.32. The Labute approximate surface area is 95.8 Å². The summed E-state index contributed by atoms with van der Waals surface area (Å²) in [6.07, 6.45) is 2.36. The number of carbonyl (C=O) groups is 1. The van der Waals surface area contributed by atoms with Crippen molar-refractivity contribution >= 4 is 11.7 Å². The first kappa shape index (κ1) is 12.7. The molecule has 5 heteroatoms. The van der Waals surface area contributed by atoms with E-state index in [0.717, 1.165) is 6.42 Å². The first-order chi connectivity index (χ1) is 7.42. The number of nitrogens with one attached hydrogen (secondary N) is 2. The highest BCUT2D eigenvalue weighted by Gasteiger charge is 2.23. The maximum Gasteiger partial charge on any atom is 0.229 e. The minimum atomic E-state index is -0.164. The highest BCUT2D eigenvalue weighted by Crippen LogP contribution is 2.24. The molecule has 0 radical (unpaired) electrons. The van der Waals surface area contributed by atoms with E-state index in [0.29, 0.717) is 12.4 Å². The highest BCUT2D eigenvalue weighted by atomic mass is 16.2. The second-order valence-electron chi connectivity index (χ2n) is 5.16. The molecule has 0 aliphatic rings. The van der Waals surface area contributed by atoms with Gasteiger partial charge < -0.3 is 11.1 Å². The van der Waals surface area contributed by atoms with Gasteiger partial charge in [0.1, 0.15) is 5.82 Å². The molecule has 4 N–H and O–H groups in total. The van der Waals surface area contributed by atoms with Gasteiger partial charge in [0, 0.05) is 12.6 Å². The standard InChI is InChI=1S/C11H20N4O/c1-11(2,3)6-8(7-12)10(16)14-9-4-5-13-15-9/h4-5,8H,6-7,12H2,1-3H3,(H2,13,14,15,16). The molecule has 1 aromatic rings. The average molecular weight is 224 g/mol. The van der Waals surface area contributed by atoms with Crippen molar-refractivity contribution in [3.63, 3.8) is 0 Å². The monoisotopic (exact) mass is 224 g/mol. The van der Waals surface area contributed by atoms with Crippen LogP contribution in [0.1, 0.15) is 27.2 Å². The predicted octanol–water partition coefficient (Wildman–Crippen LogP) is 1.36. The molecule has 0 saturated heterocycles. The van der Waals surface area contributed by atoms with Crippen LogP contribution in [-0.2, 0) is 4.79 Å². The number of aromatic nitrogens is 2. The van der Waals surface area contributed by atoms with Gasteiger partial charge >= 0.3 is 0 Å². The quantitative estimate of drug-likeness (QED) is 0.722.